The molecule has 0 aliphatic rings. The van der Waals surface area contributed by atoms with E-state index in [1.165, 1.54) is 4.88 Å². The van der Waals surface area contributed by atoms with Crippen LogP contribution in [-0.2, 0) is 6.42 Å². The van der Waals surface area contributed by atoms with Gasteiger partial charge in [-0.05, 0) is 24.4 Å². The van der Waals surface area contributed by atoms with Crippen molar-refractivity contribution in [2.45, 2.75) is 19.4 Å². The normalized spacial score (nSPS) is 12.4. The van der Waals surface area contributed by atoms with Gasteiger partial charge in [0.2, 0.25) is 5.95 Å². The Morgan fingerprint density at radius 3 is 2.94 bits per heavy atom. The molecular weight excluding hydrogens is 232 g/mol. The van der Waals surface area contributed by atoms with Crippen molar-refractivity contribution < 1.29 is 0 Å². The Morgan fingerprint density at radius 2 is 2.29 bits per heavy atom. The molecule has 90 valence electrons. The van der Waals surface area contributed by atoms with Crippen molar-refractivity contribution >= 4 is 23.1 Å². The molecule has 0 fully saturated rings. The highest BCUT2D eigenvalue weighted by atomic mass is 32.1. The van der Waals surface area contributed by atoms with Crippen molar-refractivity contribution in [3.05, 3.63) is 34.7 Å². The van der Waals surface area contributed by atoms with Gasteiger partial charge in [-0.1, -0.05) is 6.07 Å². The van der Waals surface area contributed by atoms with E-state index >= 15 is 0 Å². The van der Waals surface area contributed by atoms with Crippen molar-refractivity contribution in [3.63, 3.8) is 0 Å². The van der Waals surface area contributed by atoms with Crippen molar-refractivity contribution in [2.24, 2.45) is 0 Å². The van der Waals surface area contributed by atoms with Crippen molar-refractivity contribution in [3.8, 4) is 0 Å². The van der Waals surface area contributed by atoms with E-state index in [1.807, 2.05) is 13.1 Å². The summed E-state index contributed by atoms with van der Waals surface area (Å²) in [6.45, 7) is 2.18. The van der Waals surface area contributed by atoms with E-state index in [1.54, 1.807) is 17.5 Å². The number of thiophene rings is 1. The third kappa shape index (κ3) is 2.94. The fraction of sp³-hybridized carbons (Fsp3) is 0.333. The van der Waals surface area contributed by atoms with Gasteiger partial charge in [-0.3, -0.25) is 0 Å². The van der Waals surface area contributed by atoms with Crippen LogP contribution < -0.4 is 10.6 Å². The summed E-state index contributed by atoms with van der Waals surface area (Å²) in [5.41, 5.74) is 5.59. The highest BCUT2D eigenvalue weighted by molar-refractivity contribution is 7.09. The molecule has 2 heterocycles. The summed E-state index contributed by atoms with van der Waals surface area (Å²) in [6, 6.07) is 6.49. The lowest BCUT2D eigenvalue weighted by molar-refractivity contribution is 0.680. The first-order valence-corrected chi connectivity index (χ1v) is 6.38. The largest absolute Gasteiger partial charge is 0.368 e. The molecule has 17 heavy (non-hydrogen) atoms. The van der Waals surface area contributed by atoms with E-state index in [9.17, 15) is 0 Å². The second kappa shape index (κ2) is 5.14. The number of rotatable bonds is 4. The molecule has 1 unspecified atom stereocenters. The van der Waals surface area contributed by atoms with Gasteiger partial charge < -0.3 is 10.6 Å². The Balaban J connectivity index is 2.06. The number of hydrogen-bond acceptors (Lipinski definition) is 5. The summed E-state index contributed by atoms with van der Waals surface area (Å²) in [5, 5.41) is 2.10. The first-order chi connectivity index (χ1) is 8.16. The Hall–Kier alpha value is -1.62. The zero-order chi connectivity index (χ0) is 12.3. The van der Waals surface area contributed by atoms with Crippen LogP contribution >= 0.6 is 11.3 Å². The SMILES string of the molecule is CC(Cc1cccs1)N(C)c1ccnc(N)n1. The van der Waals surface area contributed by atoms with E-state index in [0.29, 0.717) is 12.0 Å². The van der Waals surface area contributed by atoms with E-state index in [2.05, 4.69) is 39.3 Å². The van der Waals surface area contributed by atoms with Crippen molar-refractivity contribution in [1.82, 2.24) is 9.97 Å². The fourth-order valence-electron chi connectivity index (χ4n) is 1.64. The minimum atomic E-state index is 0.317. The minimum absolute atomic E-state index is 0.317. The van der Waals surface area contributed by atoms with Crippen molar-refractivity contribution in [2.75, 3.05) is 17.7 Å². The Bertz CT molecular complexity index is 469. The van der Waals surface area contributed by atoms with Crippen LogP contribution in [0.15, 0.2) is 29.8 Å². The van der Waals surface area contributed by atoms with Crippen LogP contribution in [0.25, 0.3) is 0 Å². The molecule has 0 radical (unpaired) electrons. The van der Waals surface area contributed by atoms with Crippen LogP contribution in [0.5, 0.6) is 0 Å². The maximum Gasteiger partial charge on any atom is 0.221 e. The quantitative estimate of drug-likeness (QED) is 0.901. The van der Waals surface area contributed by atoms with Crippen LogP contribution in [0.3, 0.4) is 0 Å². The number of anilines is 2. The highest BCUT2D eigenvalue weighted by Gasteiger charge is 2.12. The maximum atomic E-state index is 5.59. The molecule has 5 heteroatoms. The van der Waals surface area contributed by atoms with Gasteiger partial charge in [0.15, 0.2) is 0 Å². The third-order valence-corrected chi connectivity index (χ3v) is 3.66. The lowest BCUT2D eigenvalue weighted by Crippen LogP contribution is -2.31. The molecule has 2 aromatic rings. The lowest BCUT2D eigenvalue weighted by atomic mass is 10.2. The molecule has 0 aliphatic heterocycles. The molecule has 0 aliphatic carbocycles. The summed E-state index contributed by atoms with van der Waals surface area (Å²) in [6.07, 6.45) is 2.70. The predicted octanol–water partition coefficient (Wildman–Crippen LogP) is 2.19. The van der Waals surface area contributed by atoms with Gasteiger partial charge in [-0.15, -0.1) is 11.3 Å². The zero-order valence-electron chi connectivity index (χ0n) is 10.00. The number of nitrogens with two attached hydrogens (primary N) is 1. The average Bonchev–Trinajstić information content (AvgIpc) is 2.80. The molecule has 4 nitrogen and oxygen atoms in total. The van der Waals surface area contributed by atoms with Crippen LogP contribution in [0.4, 0.5) is 11.8 Å². The number of likely N-dealkylation sites (N-methyl/N-ethyl adjacent to an activating group) is 1. The summed E-state index contributed by atoms with van der Waals surface area (Å²) >= 11 is 1.78. The molecule has 0 aromatic carbocycles. The highest BCUT2D eigenvalue weighted by Crippen LogP contribution is 2.17. The van der Waals surface area contributed by atoms with E-state index < -0.39 is 0 Å². The molecule has 0 bridgehead atoms. The van der Waals surface area contributed by atoms with Gasteiger partial charge in [-0.25, -0.2) is 4.98 Å². The molecule has 2 rings (SSSR count). The smallest absolute Gasteiger partial charge is 0.221 e. The van der Waals surface area contributed by atoms with Gasteiger partial charge in [0, 0.05) is 30.6 Å². The molecule has 1 atom stereocenters. The first kappa shape index (κ1) is 11.9. The monoisotopic (exact) mass is 248 g/mol. The van der Waals surface area contributed by atoms with E-state index in [4.69, 9.17) is 5.73 Å². The van der Waals surface area contributed by atoms with Gasteiger partial charge in [0.05, 0.1) is 0 Å². The van der Waals surface area contributed by atoms with Gasteiger partial charge in [0.25, 0.3) is 0 Å². The number of nitrogens with zero attached hydrogens (tertiary/aromatic N) is 3. The predicted molar refractivity (Wildman–Crippen MR) is 72.3 cm³/mol. The zero-order valence-corrected chi connectivity index (χ0v) is 10.8. The summed E-state index contributed by atoms with van der Waals surface area (Å²) < 4.78 is 0. The Morgan fingerprint density at radius 1 is 1.47 bits per heavy atom. The molecular formula is C12H16N4S. The van der Waals surface area contributed by atoms with Crippen LogP contribution in [0.2, 0.25) is 0 Å². The minimum Gasteiger partial charge on any atom is -0.368 e. The van der Waals surface area contributed by atoms with E-state index in [-0.39, 0.29) is 0 Å². The molecule has 0 spiro atoms. The van der Waals surface area contributed by atoms with Gasteiger partial charge >= 0.3 is 0 Å². The first-order valence-electron chi connectivity index (χ1n) is 5.50. The summed E-state index contributed by atoms with van der Waals surface area (Å²) in [5.74, 6) is 1.18. The van der Waals surface area contributed by atoms with Crippen LogP contribution in [0, 0.1) is 0 Å². The van der Waals surface area contributed by atoms with E-state index in [0.717, 1.165) is 12.2 Å². The molecule has 0 saturated carbocycles. The Labute approximate surface area is 105 Å². The second-order valence-electron chi connectivity index (χ2n) is 4.02. The molecule has 2 N–H and O–H groups in total. The number of aromatic nitrogens is 2. The van der Waals surface area contributed by atoms with Crippen LogP contribution in [-0.4, -0.2) is 23.1 Å². The summed E-state index contributed by atoms with van der Waals surface area (Å²) in [4.78, 5) is 11.6. The number of hydrogen-bond donors (Lipinski definition) is 1. The molecule has 2 aromatic heterocycles. The van der Waals surface area contributed by atoms with Crippen molar-refractivity contribution in [1.29, 1.82) is 0 Å². The maximum absolute atomic E-state index is 5.59. The van der Waals surface area contributed by atoms with Crippen LogP contribution in [0.1, 0.15) is 11.8 Å². The fourth-order valence-corrected chi connectivity index (χ4v) is 2.47. The Kier molecular flexibility index (Phi) is 3.58. The average molecular weight is 248 g/mol. The topological polar surface area (TPSA) is 55.0 Å². The third-order valence-electron chi connectivity index (χ3n) is 2.76. The molecule has 0 saturated heterocycles. The lowest BCUT2D eigenvalue weighted by Gasteiger charge is -2.25. The summed E-state index contributed by atoms with van der Waals surface area (Å²) in [7, 11) is 2.03. The standard InChI is InChI=1S/C12H16N4S/c1-9(8-10-4-3-7-17-10)16(2)11-5-6-14-12(13)15-11/h3-7,9H,8H2,1-2H3,(H2,13,14,15). The second-order valence-corrected chi connectivity index (χ2v) is 5.05. The van der Waals surface area contributed by atoms with Gasteiger partial charge in [0.1, 0.15) is 5.82 Å². The molecule has 0 amide bonds. The van der Waals surface area contributed by atoms with Gasteiger partial charge in [-0.2, -0.15) is 4.98 Å². The number of nitrogen functional groups attached to an aromatic ring is 1.